The average Bonchev–Trinajstić information content (AvgIpc) is 2.44. The van der Waals surface area contributed by atoms with E-state index in [0.717, 1.165) is 18.4 Å². The van der Waals surface area contributed by atoms with Crippen molar-refractivity contribution in [2.75, 3.05) is 0 Å². The second-order valence-corrected chi connectivity index (χ2v) is 5.56. The van der Waals surface area contributed by atoms with Gasteiger partial charge in [0.15, 0.2) is 0 Å². The first-order valence-electron chi connectivity index (χ1n) is 7.14. The normalized spacial score (nSPS) is 23.1. The second kappa shape index (κ2) is 5.71. The van der Waals surface area contributed by atoms with E-state index in [2.05, 4.69) is 23.3 Å². The van der Waals surface area contributed by atoms with Crippen molar-refractivity contribution in [2.45, 2.75) is 37.8 Å². The van der Waals surface area contributed by atoms with Gasteiger partial charge in [-0.15, -0.1) is 0 Å². The highest BCUT2D eigenvalue weighted by Crippen LogP contribution is 2.38. The van der Waals surface area contributed by atoms with Gasteiger partial charge in [0.2, 0.25) is 0 Å². The topological polar surface area (TPSA) is 24.9 Å². The minimum absolute atomic E-state index is 0.0729. The molecule has 1 aromatic carbocycles. The number of halogens is 1. The van der Waals surface area contributed by atoms with E-state index in [0.29, 0.717) is 12.0 Å². The summed E-state index contributed by atoms with van der Waals surface area (Å²) in [6.45, 7) is 2.15. The highest BCUT2D eigenvalue weighted by Gasteiger charge is 2.32. The summed E-state index contributed by atoms with van der Waals surface area (Å²) in [6, 6.07) is 11.9. The molecule has 0 saturated heterocycles. The standard InChI is InChI=1S/C17H19FN2/c1-12(13-5-4-8-19-11-13)20-15-9-14(10-15)16-6-2-3-7-17(16)18/h2-8,11-12,14-15,20H,9-10H2,1H3/t12-,14?,15?/m0/s1. The maximum absolute atomic E-state index is 13.7. The predicted molar refractivity (Wildman–Crippen MR) is 78.0 cm³/mol. The van der Waals surface area contributed by atoms with Gasteiger partial charge in [-0.3, -0.25) is 4.98 Å². The second-order valence-electron chi connectivity index (χ2n) is 5.56. The fourth-order valence-corrected chi connectivity index (χ4v) is 2.90. The number of nitrogens with zero attached hydrogens (tertiary/aromatic N) is 1. The van der Waals surface area contributed by atoms with Gasteiger partial charge < -0.3 is 5.32 Å². The van der Waals surface area contributed by atoms with Gasteiger partial charge in [0, 0.05) is 24.5 Å². The first-order valence-corrected chi connectivity index (χ1v) is 7.14. The zero-order chi connectivity index (χ0) is 13.9. The van der Waals surface area contributed by atoms with E-state index >= 15 is 0 Å². The smallest absolute Gasteiger partial charge is 0.126 e. The van der Waals surface area contributed by atoms with Gasteiger partial charge in [-0.25, -0.2) is 4.39 Å². The molecule has 2 aromatic rings. The minimum Gasteiger partial charge on any atom is -0.307 e. The lowest BCUT2D eigenvalue weighted by atomic mass is 9.75. The number of hydrogen-bond donors (Lipinski definition) is 1. The van der Waals surface area contributed by atoms with Gasteiger partial charge >= 0.3 is 0 Å². The Balaban J connectivity index is 1.55. The molecule has 1 fully saturated rings. The number of aromatic nitrogens is 1. The molecule has 0 radical (unpaired) electrons. The predicted octanol–water partition coefficient (Wildman–Crippen LogP) is 3.82. The third kappa shape index (κ3) is 2.73. The monoisotopic (exact) mass is 270 g/mol. The van der Waals surface area contributed by atoms with Crippen LogP contribution in [0.15, 0.2) is 48.8 Å². The van der Waals surface area contributed by atoms with Crippen molar-refractivity contribution in [3.63, 3.8) is 0 Å². The molecule has 1 saturated carbocycles. The Morgan fingerprint density at radius 1 is 1.20 bits per heavy atom. The number of pyridine rings is 1. The summed E-state index contributed by atoms with van der Waals surface area (Å²) in [5.74, 6) is 0.283. The molecular formula is C17H19FN2. The Bertz CT molecular complexity index is 564. The summed E-state index contributed by atoms with van der Waals surface area (Å²) < 4.78 is 13.7. The number of benzene rings is 1. The fraction of sp³-hybridized carbons (Fsp3) is 0.353. The van der Waals surface area contributed by atoms with Crippen molar-refractivity contribution in [3.05, 3.63) is 65.7 Å². The molecule has 1 N–H and O–H groups in total. The molecule has 104 valence electrons. The molecule has 1 atom stereocenters. The molecule has 2 nitrogen and oxygen atoms in total. The Labute approximate surface area is 119 Å². The van der Waals surface area contributed by atoms with Crippen LogP contribution in [0, 0.1) is 5.82 Å². The quantitative estimate of drug-likeness (QED) is 0.913. The maximum atomic E-state index is 13.7. The van der Waals surface area contributed by atoms with Gasteiger partial charge in [-0.2, -0.15) is 0 Å². The Hall–Kier alpha value is -1.74. The molecule has 1 heterocycles. The molecule has 20 heavy (non-hydrogen) atoms. The van der Waals surface area contributed by atoms with E-state index in [4.69, 9.17) is 0 Å². The lowest BCUT2D eigenvalue weighted by Gasteiger charge is -2.38. The molecule has 1 aliphatic rings. The number of hydrogen-bond acceptors (Lipinski definition) is 2. The number of nitrogens with one attached hydrogen (secondary N) is 1. The zero-order valence-corrected chi connectivity index (χ0v) is 11.6. The van der Waals surface area contributed by atoms with E-state index in [1.165, 1.54) is 5.56 Å². The SMILES string of the molecule is C[C@H](NC1CC(c2ccccc2F)C1)c1cccnc1. The summed E-state index contributed by atoms with van der Waals surface area (Å²) in [4.78, 5) is 4.14. The van der Waals surface area contributed by atoms with Crippen molar-refractivity contribution in [3.8, 4) is 0 Å². The van der Waals surface area contributed by atoms with E-state index in [1.807, 2.05) is 24.4 Å². The van der Waals surface area contributed by atoms with Crippen LogP contribution in [0.1, 0.15) is 42.9 Å². The minimum atomic E-state index is -0.0729. The van der Waals surface area contributed by atoms with E-state index in [-0.39, 0.29) is 11.9 Å². The molecule has 1 aromatic heterocycles. The van der Waals surface area contributed by atoms with Gasteiger partial charge in [-0.05, 0) is 48.9 Å². The van der Waals surface area contributed by atoms with Crippen LogP contribution in [0.5, 0.6) is 0 Å². The van der Waals surface area contributed by atoms with Crippen molar-refractivity contribution >= 4 is 0 Å². The fourth-order valence-electron chi connectivity index (χ4n) is 2.90. The third-order valence-corrected chi connectivity index (χ3v) is 4.15. The zero-order valence-electron chi connectivity index (χ0n) is 11.6. The van der Waals surface area contributed by atoms with Gasteiger partial charge in [0.05, 0.1) is 0 Å². The molecular weight excluding hydrogens is 251 g/mol. The van der Waals surface area contributed by atoms with Crippen molar-refractivity contribution in [2.24, 2.45) is 0 Å². The van der Waals surface area contributed by atoms with E-state index in [9.17, 15) is 4.39 Å². The van der Waals surface area contributed by atoms with E-state index < -0.39 is 0 Å². The highest BCUT2D eigenvalue weighted by molar-refractivity contribution is 5.25. The maximum Gasteiger partial charge on any atom is 0.126 e. The molecule has 0 bridgehead atoms. The Morgan fingerprint density at radius 3 is 2.70 bits per heavy atom. The average molecular weight is 270 g/mol. The largest absolute Gasteiger partial charge is 0.307 e. The van der Waals surface area contributed by atoms with Crippen molar-refractivity contribution < 1.29 is 4.39 Å². The van der Waals surface area contributed by atoms with Crippen LogP contribution in [0.4, 0.5) is 4.39 Å². The molecule has 0 unspecified atom stereocenters. The third-order valence-electron chi connectivity index (χ3n) is 4.15. The van der Waals surface area contributed by atoms with Gasteiger partial charge in [0.1, 0.15) is 5.82 Å². The Kier molecular flexibility index (Phi) is 3.79. The highest BCUT2D eigenvalue weighted by atomic mass is 19.1. The van der Waals surface area contributed by atoms with Crippen LogP contribution in [0.2, 0.25) is 0 Å². The summed E-state index contributed by atoms with van der Waals surface area (Å²) >= 11 is 0. The van der Waals surface area contributed by atoms with Crippen LogP contribution < -0.4 is 5.32 Å². The van der Waals surface area contributed by atoms with Crippen LogP contribution in [0.3, 0.4) is 0 Å². The number of rotatable bonds is 4. The Morgan fingerprint density at radius 2 is 2.00 bits per heavy atom. The van der Waals surface area contributed by atoms with Gasteiger partial charge in [0.25, 0.3) is 0 Å². The van der Waals surface area contributed by atoms with Gasteiger partial charge in [-0.1, -0.05) is 24.3 Å². The van der Waals surface area contributed by atoms with Crippen molar-refractivity contribution in [1.82, 2.24) is 10.3 Å². The lowest BCUT2D eigenvalue weighted by Crippen LogP contribution is -2.41. The summed E-state index contributed by atoms with van der Waals surface area (Å²) in [5, 5.41) is 3.59. The lowest BCUT2D eigenvalue weighted by molar-refractivity contribution is 0.266. The molecule has 0 amide bonds. The summed E-state index contributed by atoms with van der Waals surface area (Å²) in [5.41, 5.74) is 2.06. The molecule has 1 aliphatic carbocycles. The molecule has 0 aliphatic heterocycles. The molecule has 3 heteroatoms. The van der Waals surface area contributed by atoms with Crippen LogP contribution in [-0.4, -0.2) is 11.0 Å². The van der Waals surface area contributed by atoms with Crippen LogP contribution in [-0.2, 0) is 0 Å². The first kappa shape index (κ1) is 13.3. The molecule has 3 rings (SSSR count). The summed E-state index contributed by atoms with van der Waals surface area (Å²) in [7, 11) is 0. The molecule has 0 spiro atoms. The summed E-state index contributed by atoms with van der Waals surface area (Å²) in [6.07, 6.45) is 5.69. The first-order chi connectivity index (χ1) is 9.74. The van der Waals surface area contributed by atoms with Crippen LogP contribution in [0.25, 0.3) is 0 Å². The van der Waals surface area contributed by atoms with E-state index in [1.54, 1.807) is 18.3 Å². The van der Waals surface area contributed by atoms with Crippen molar-refractivity contribution in [1.29, 1.82) is 0 Å². The van der Waals surface area contributed by atoms with Crippen LogP contribution >= 0.6 is 0 Å².